The Morgan fingerprint density at radius 2 is 1.75 bits per heavy atom. The van der Waals surface area contributed by atoms with E-state index in [0.29, 0.717) is 0 Å². The summed E-state index contributed by atoms with van der Waals surface area (Å²) in [5, 5.41) is 26.5. The number of rotatable bonds is 1. The van der Waals surface area contributed by atoms with Gasteiger partial charge in [-0.1, -0.05) is 0 Å². The van der Waals surface area contributed by atoms with Gasteiger partial charge in [0, 0.05) is 0 Å². The second-order valence-corrected chi connectivity index (χ2v) is 3.46. The minimum atomic E-state index is -1.42. The van der Waals surface area contributed by atoms with Crippen LogP contribution in [0.3, 0.4) is 0 Å². The summed E-state index contributed by atoms with van der Waals surface area (Å²) in [4.78, 5) is 0. The van der Waals surface area contributed by atoms with Crippen molar-refractivity contribution in [1.82, 2.24) is 0 Å². The van der Waals surface area contributed by atoms with Crippen LogP contribution in [0.4, 0.5) is 0 Å². The molecule has 1 heterocycles. The number of hydrogen-bond acceptors (Lipinski definition) is 4. The van der Waals surface area contributed by atoms with E-state index in [9.17, 15) is 5.11 Å². The van der Waals surface area contributed by atoms with Gasteiger partial charge in [-0.25, -0.2) is 0 Å². The molecule has 72 valence electrons. The Bertz CT molecular complexity index is 152. The molecule has 0 bridgehead atoms. The van der Waals surface area contributed by atoms with Crippen molar-refractivity contribution < 1.29 is 20.1 Å². The van der Waals surface area contributed by atoms with Gasteiger partial charge in [0.15, 0.2) is 6.29 Å². The molecule has 0 saturated carbocycles. The van der Waals surface area contributed by atoms with Crippen molar-refractivity contribution >= 4 is 23.2 Å². The van der Waals surface area contributed by atoms with Gasteiger partial charge in [0.2, 0.25) is 0 Å². The van der Waals surface area contributed by atoms with Gasteiger partial charge in [0.05, 0.1) is 17.4 Å². The minimum Gasteiger partial charge on any atom is -0.389 e. The molecule has 0 aliphatic carbocycles. The SMILES string of the molecule is OC1OC(CCl)C(Cl)C(O)C1O. The van der Waals surface area contributed by atoms with Crippen LogP contribution in [0.25, 0.3) is 0 Å². The van der Waals surface area contributed by atoms with Crippen LogP contribution in [0, 0.1) is 0 Å². The zero-order valence-electron chi connectivity index (χ0n) is 6.10. The Hall–Kier alpha value is 0.420. The summed E-state index contributed by atoms with van der Waals surface area (Å²) in [6.45, 7) is 0. The molecule has 3 N–H and O–H groups in total. The van der Waals surface area contributed by atoms with E-state index in [2.05, 4.69) is 0 Å². The first-order chi connectivity index (χ1) is 5.57. The topological polar surface area (TPSA) is 69.9 Å². The molecule has 0 radical (unpaired) electrons. The van der Waals surface area contributed by atoms with E-state index in [0.717, 1.165) is 0 Å². The molecule has 0 aromatic rings. The van der Waals surface area contributed by atoms with Crippen molar-refractivity contribution in [2.45, 2.75) is 30.0 Å². The lowest BCUT2D eigenvalue weighted by molar-refractivity contribution is -0.239. The number of hydrogen-bond donors (Lipinski definition) is 3. The third kappa shape index (κ3) is 1.84. The van der Waals surface area contributed by atoms with Crippen molar-refractivity contribution in [2.75, 3.05) is 5.88 Å². The molecule has 6 heteroatoms. The Morgan fingerprint density at radius 3 is 2.25 bits per heavy atom. The second-order valence-electron chi connectivity index (χ2n) is 2.65. The Balaban J connectivity index is 2.63. The van der Waals surface area contributed by atoms with E-state index in [1.165, 1.54) is 0 Å². The zero-order chi connectivity index (χ0) is 9.30. The molecular weight excluding hydrogens is 207 g/mol. The van der Waals surface area contributed by atoms with Gasteiger partial charge in [-0.3, -0.25) is 0 Å². The van der Waals surface area contributed by atoms with Gasteiger partial charge in [0.25, 0.3) is 0 Å². The molecule has 0 spiro atoms. The van der Waals surface area contributed by atoms with Gasteiger partial charge < -0.3 is 20.1 Å². The highest BCUT2D eigenvalue weighted by Crippen LogP contribution is 2.24. The van der Waals surface area contributed by atoms with Gasteiger partial charge in [-0.15, -0.1) is 23.2 Å². The molecule has 1 rings (SSSR count). The van der Waals surface area contributed by atoms with E-state index < -0.39 is 30.0 Å². The Kier molecular flexibility index (Phi) is 3.58. The highest BCUT2D eigenvalue weighted by atomic mass is 35.5. The smallest absolute Gasteiger partial charge is 0.183 e. The molecule has 4 nitrogen and oxygen atoms in total. The van der Waals surface area contributed by atoms with E-state index >= 15 is 0 Å². The van der Waals surface area contributed by atoms with Gasteiger partial charge >= 0.3 is 0 Å². The number of aliphatic hydroxyl groups is 3. The molecule has 1 aliphatic heterocycles. The average Bonchev–Trinajstić information content (AvgIpc) is 2.08. The van der Waals surface area contributed by atoms with Crippen LogP contribution >= 0.6 is 23.2 Å². The largest absolute Gasteiger partial charge is 0.389 e. The van der Waals surface area contributed by atoms with Crippen LogP contribution in [0.2, 0.25) is 0 Å². The quantitative estimate of drug-likeness (QED) is 0.506. The second kappa shape index (κ2) is 4.09. The van der Waals surface area contributed by atoms with E-state index in [1.54, 1.807) is 0 Å². The summed E-state index contributed by atoms with van der Waals surface area (Å²) in [7, 11) is 0. The van der Waals surface area contributed by atoms with Crippen LogP contribution in [0.15, 0.2) is 0 Å². The van der Waals surface area contributed by atoms with Gasteiger partial charge in [-0.2, -0.15) is 0 Å². The Labute approximate surface area is 79.7 Å². The molecule has 1 fully saturated rings. The normalized spacial score (nSPS) is 49.2. The molecule has 5 atom stereocenters. The Morgan fingerprint density at radius 1 is 1.17 bits per heavy atom. The summed E-state index contributed by atoms with van der Waals surface area (Å²) in [5.41, 5.74) is 0. The fourth-order valence-electron chi connectivity index (χ4n) is 1.03. The number of ether oxygens (including phenoxy) is 1. The highest BCUT2D eigenvalue weighted by Gasteiger charge is 2.42. The molecule has 1 saturated heterocycles. The molecular formula is C6H10Cl2O4. The number of aliphatic hydroxyl groups excluding tert-OH is 3. The molecule has 1 aliphatic rings. The van der Waals surface area contributed by atoms with Crippen LogP contribution < -0.4 is 0 Å². The predicted octanol–water partition coefficient (Wildman–Crippen LogP) is -0.728. The van der Waals surface area contributed by atoms with Crippen molar-refractivity contribution in [3.63, 3.8) is 0 Å². The van der Waals surface area contributed by atoms with Crippen molar-refractivity contribution in [3.05, 3.63) is 0 Å². The van der Waals surface area contributed by atoms with Crippen LogP contribution in [0.5, 0.6) is 0 Å². The molecule has 0 amide bonds. The first-order valence-corrected chi connectivity index (χ1v) is 4.44. The van der Waals surface area contributed by atoms with E-state index in [-0.39, 0.29) is 5.88 Å². The van der Waals surface area contributed by atoms with Crippen molar-refractivity contribution in [3.8, 4) is 0 Å². The van der Waals surface area contributed by atoms with Crippen molar-refractivity contribution in [1.29, 1.82) is 0 Å². The first kappa shape index (κ1) is 10.5. The summed E-state index contributed by atoms with van der Waals surface area (Å²) >= 11 is 11.1. The first-order valence-electron chi connectivity index (χ1n) is 3.47. The fraction of sp³-hybridized carbons (Fsp3) is 1.00. The third-order valence-corrected chi connectivity index (χ3v) is 2.63. The minimum absolute atomic E-state index is 0.0645. The van der Waals surface area contributed by atoms with Gasteiger partial charge in [0.1, 0.15) is 12.2 Å². The maximum absolute atomic E-state index is 9.24. The molecule has 5 unspecified atom stereocenters. The van der Waals surface area contributed by atoms with E-state index in [1.807, 2.05) is 0 Å². The zero-order valence-corrected chi connectivity index (χ0v) is 7.61. The maximum atomic E-state index is 9.24. The molecule has 12 heavy (non-hydrogen) atoms. The lowest BCUT2D eigenvalue weighted by Gasteiger charge is -2.37. The van der Waals surface area contributed by atoms with Gasteiger partial charge in [-0.05, 0) is 0 Å². The molecule has 0 aromatic carbocycles. The summed E-state index contributed by atoms with van der Waals surface area (Å²) in [6.07, 6.45) is -4.63. The lowest BCUT2D eigenvalue weighted by Crippen LogP contribution is -2.55. The average molecular weight is 217 g/mol. The summed E-state index contributed by atoms with van der Waals surface area (Å²) in [5.74, 6) is 0.0645. The van der Waals surface area contributed by atoms with Crippen LogP contribution in [-0.2, 0) is 4.74 Å². The lowest BCUT2D eigenvalue weighted by atomic mass is 10.0. The highest BCUT2D eigenvalue weighted by molar-refractivity contribution is 6.23. The van der Waals surface area contributed by atoms with Crippen LogP contribution in [0.1, 0.15) is 0 Å². The van der Waals surface area contributed by atoms with E-state index in [4.69, 9.17) is 38.2 Å². The summed E-state index contributed by atoms with van der Waals surface area (Å²) < 4.78 is 4.81. The van der Waals surface area contributed by atoms with Crippen LogP contribution in [-0.4, -0.2) is 51.2 Å². The number of alkyl halides is 2. The van der Waals surface area contributed by atoms with Crippen molar-refractivity contribution in [2.24, 2.45) is 0 Å². The number of halogens is 2. The fourth-order valence-corrected chi connectivity index (χ4v) is 1.69. The summed E-state index contributed by atoms with van der Waals surface area (Å²) in [6, 6.07) is 0. The maximum Gasteiger partial charge on any atom is 0.183 e. The monoisotopic (exact) mass is 216 g/mol. The predicted molar refractivity (Wildman–Crippen MR) is 43.3 cm³/mol. The standard InChI is InChI=1S/C6H10Cl2O4/c7-1-2-3(8)4(9)5(10)6(11)12-2/h2-6,9-11H,1H2. The molecule has 0 aromatic heterocycles. The third-order valence-electron chi connectivity index (χ3n) is 1.79.